The van der Waals surface area contributed by atoms with Crippen LogP contribution < -0.4 is 10.2 Å². The Hall–Kier alpha value is -2.76. The highest BCUT2D eigenvalue weighted by atomic mass is 35.5. The van der Waals surface area contributed by atoms with E-state index in [4.69, 9.17) is 11.6 Å². The van der Waals surface area contributed by atoms with Gasteiger partial charge in [0, 0.05) is 16.5 Å². The highest BCUT2D eigenvalue weighted by Gasteiger charge is 2.39. The quantitative estimate of drug-likeness (QED) is 0.442. The van der Waals surface area contributed by atoms with Gasteiger partial charge in [-0.1, -0.05) is 66.6 Å². The Morgan fingerprint density at radius 1 is 1.09 bits per heavy atom. The number of carbonyl (C=O) groups excluding carboxylic acids is 2. The van der Waals surface area contributed by atoms with Crippen LogP contribution in [0.3, 0.4) is 0 Å². The van der Waals surface area contributed by atoms with Crippen molar-refractivity contribution >= 4 is 40.9 Å². The summed E-state index contributed by atoms with van der Waals surface area (Å²) in [4.78, 5) is 29.5. The molecule has 0 radical (unpaired) electrons. The fraction of sp³-hybridized carbons (Fsp3) is 0.286. The van der Waals surface area contributed by atoms with E-state index in [1.165, 1.54) is 11.8 Å². The molecule has 176 valence electrons. The van der Waals surface area contributed by atoms with Gasteiger partial charge < -0.3 is 10.2 Å². The van der Waals surface area contributed by atoms with Gasteiger partial charge in [-0.25, -0.2) is 0 Å². The van der Waals surface area contributed by atoms with Gasteiger partial charge in [0.05, 0.1) is 18.2 Å². The Morgan fingerprint density at radius 2 is 1.82 bits per heavy atom. The third-order valence-corrected chi connectivity index (χ3v) is 7.96. The molecule has 34 heavy (non-hydrogen) atoms. The molecule has 2 atom stereocenters. The molecule has 2 amide bonds. The summed E-state index contributed by atoms with van der Waals surface area (Å²) in [5.41, 5.74) is 5.45. The van der Waals surface area contributed by atoms with Crippen LogP contribution in [0.25, 0.3) is 0 Å². The molecule has 4 rings (SSSR count). The van der Waals surface area contributed by atoms with Crippen LogP contribution in [0.1, 0.15) is 29.2 Å². The van der Waals surface area contributed by atoms with E-state index in [0.29, 0.717) is 24.5 Å². The largest absolute Gasteiger partial charge is 0.355 e. The van der Waals surface area contributed by atoms with Crippen LogP contribution in [0.5, 0.6) is 0 Å². The van der Waals surface area contributed by atoms with E-state index in [1.54, 1.807) is 0 Å². The molecule has 1 heterocycles. The Balaban J connectivity index is 1.49. The first-order chi connectivity index (χ1) is 16.3. The Morgan fingerprint density at radius 3 is 2.59 bits per heavy atom. The van der Waals surface area contributed by atoms with E-state index in [9.17, 15) is 9.59 Å². The van der Waals surface area contributed by atoms with E-state index < -0.39 is 11.2 Å². The number of hydrogen-bond acceptors (Lipinski definition) is 3. The molecule has 1 aliphatic heterocycles. The fourth-order valence-electron chi connectivity index (χ4n) is 4.14. The average Bonchev–Trinajstić information content (AvgIpc) is 2.83. The summed E-state index contributed by atoms with van der Waals surface area (Å²) < 4.78 is 0. The minimum Gasteiger partial charge on any atom is -0.355 e. The molecule has 1 N–H and O–H groups in total. The lowest BCUT2D eigenvalue weighted by Crippen LogP contribution is -2.47. The number of nitrogens with one attached hydrogen (secondary N) is 1. The van der Waals surface area contributed by atoms with E-state index in [1.807, 2.05) is 60.4 Å². The molecule has 0 aliphatic carbocycles. The smallest absolute Gasteiger partial charge is 0.241 e. The second-order valence-corrected chi connectivity index (χ2v) is 10.4. The molecule has 4 nitrogen and oxygen atoms in total. The Kier molecular flexibility index (Phi) is 7.64. The van der Waals surface area contributed by atoms with Crippen molar-refractivity contribution in [1.82, 2.24) is 5.32 Å². The molecule has 0 saturated heterocycles. The van der Waals surface area contributed by atoms with Crippen LogP contribution in [0.15, 0.2) is 71.6 Å². The van der Waals surface area contributed by atoms with Crippen molar-refractivity contribution in [2.45, 2.75) is 43.9 Å². The van der Waals surface area contributed by atoms with Gasteiger partial charge in [0.25, 0.3) is 0 Å². The van der Waals surface area contributed by atoms with Crippen LogP contribution >= 0.6 is 23.4 Å². The zero-order valence-corrected chi connectivity index (χ0v) is 21.2. The van der Waals surface area contributed by atoms with Gasteiger partial charge in [-0.15, -0.1) is 11.8 Å². The molecule has 0 unspecified atom stereocenters. The number of aryl methyl sites for hydroxylation is 2. The number of hydrogen-bond donors (Lipinski definition) is 1. The maximum absolute atomic E-state index is 13.7. The first-order valence-corrected chi connectivity index (χ1v) is 12.7. The van der Waals surface area contributed by atoms with Crippen molar-refractivity contribution < 1.29 is 9.59 Å². The van der Waals surface area contributed by atoms with Gasteiger partial charge in [0.2, 0.25) is 11.8 Å². The number of carbonyl (C=O) groups is 2. The molecule has 6 heteroatoms. The SMILES string of the molecule is Cc1ccc(C)c(CN2C(=O)[C@H]([C@@H](C)C(=O)NCCc3ccc(Cl)cc3)Sc3ccccc32)c1. The molecule has 0 spiro atoms. The van der Waals surface area contributed by atoms with Gasteiger partial charge in [-0.05, 0) is 61.2 Å². The van der Waals surface area contributed by atoms with Crippen molar-refractivity contribution in [3.05, 3.63) is 94.0 Å². The molecule has 0 fully saturated rings. The lowest BCUT2D eigenvalue weighted by Gasteiger charge is -2.36. The van der Waals surface area contributed by atoms with Gasteiger partial charge in [0.15, 0.2) is 0 Å². The van der Waals surface area contributed by atoms with Crippen molar-refractivity contribution in [3.63, 3.8) is 0 Å². The summed E-state index contributed by atoms with van der Waals surface area (Å²) >= 11 is 7.43. The molecular weight excluding hydrogens is 464 g/mol. The number of thioether (sulfide) groups is 1. The molecule has 0 saturated carbocycles. The van der Waals surface area contributed by atoms with E-state index in [0.717, 1.165) is 32.8 Å². The first kappa shape index (κ1) is 24.4. The standard InChI is InChI=1S/C28H29ClN2O2S/c1-18-8-9-19(2)22(16-18)17-31-24-6-4-5-7-25(24)34-26(28(31)33)20(3)27(32)30-15-14-21-10-12-23(29)13-11-21/h4-13,16,20,26H,14-15,17H2,1-3H3,(H,30,32)/t20-,26+/m1/s1. The van der Waals surface area contributed by atoms with E-state index in [2.05, 4.69) is 37.4 Å². The maximum atomic E-state index is 13.7. The lowest BCUT2D eigenvalue weighted by atomic mass is 10.0. The summed E-state index contributed by atoms with van der Waals surface area (Å²) in [7, 11) is 0. The minimum absolute atomic E-state index is 0.0232. The number of halogens is 1. The zero-order chi connectivity index (χ0) is 24.2. The maximum Gasteiger partial charge on any atom is 0.241 e. The lowest BCUT2D eigenvalue weighted by molar-refractivity contribution is -0.128. The van der Waals surface area contributed by atoms with E-state index >= 15 is 0 Å². The Bertz CT molecular complexity index is 1200. The topological polar surface area (TPSA) is 49.4 Å². The normalized spacial score (nSPS) is 16.2. The van der Waals surface area contributed by atoms with Crippen LogP contribution in [0.4, 0.5) is 5.69 Å². The number of rotatable bonds is 7. The second-order valence-electron chi connectivity index (χ2n) is 8.82. The monoisotopic (exact) mass is 492 g/mol. The predicted molar refractivity (Wildman–Crippen MR) is 141 cm³/mol. The Labute approximate surface area is 210 Å². The van der Waals surface area contributed by atoms with Crippen molar-refractivity contribution in [1.29, 1.82) is 0 Å². The van der Waals surface area contributed by atoms with Crippen LogP contribution in [-0.2, 0) is 22.6 Å². The number of benzene rings is 3. The molecule has 0 aromatic heterocycles. The summed E-state index contributed by atoms with van der Waals surface area (Å²) in [6.45, 7) is 6.98. The molecule has 0 bridgehead atoms. The fourth-order valence-corrected chi connectivity index (χ4v) is 5.55. The number of fused-ring (bicyclic) bond motifs is 1. The van der Waals surface area contributed by atoms with Gasteiger partial charge in [-0.2, -0.15) is 0 Å². The average molecular weight is 493 g/mol. The van der Waals surface area contributed by atoms with Crippen LogP contribution in [0, 0.1) is 19.8 Å². The number of anilines is 1. The second kappa shape index (κ2) is 10.7. The summed E-state index contributed by atoms with van der Waals surface area (Å²) in [6, 6.07) is 21.9. The first-order valence-electron chi connectivity index (χ1n) is 11.5. The number of amides is 2. The van der Waals surface area contributed by atoms with Crippen molar-refractivity contribution in [2.75, 3.05) is 11.4 Å². The number of nitrogens with zero attached hydrogens (tertiary/aromatic N) is 1. The molecule has 3 aromatic rings. The summed E-state index contributed by atoms with van der Waals surface area (Å²) in [5.74, 6) is -0.590. The molecule has 3 aromatic carbocycles. The van der Waals surface area contributed by atoms with Crippen molar-refractivity contribution in [2.24, 2.45) is 5.92 Å². The predicted octanol–water partition coefficient (Wildman–Crippen LogP) is 5.96. The van der Waals surface area contributed by atoms with Crippen LogP contribution in [-0.4, -0.2) is 23.6 Å². The summed E-state index contributed by atoms with van der Waals surface area (Å²) in [6.07, 6.45) is 0.711. The minimum atomic E-state index is -0.476. The number of para-hydroxylation sites is 1. The van der Waals surface area contributed by atoms with Gasteiger partial charge >= 0.3 is 0 Å². The third-order valence-electron chi connectivity index (χ3n) is 6.25. The van der Waals surface area contributed by atoms with Gasteiger partial charge in [0.1, 0.15) is 5.25 Å². The molecular formula is C28H29ClN2O2S. The summed E-state index contributed by atoms with van der Waals surface area (Å²) in [5, 5.41) is 3.23. The van der Waals surface area contributed by atoms with Crippen LogP contribution in [0.2, 0.25) is 5.02 Å². The highest BCUT2D eigenvalue weighted by Crippen LogP contribution is 2.42. The van der Waals surface area contributed by atoms with Gasteiger partial charge in [-0.3, -0.25) is 9.59 Å². The van der Waals surface area contributed by atoms with Crippen molar-refractivity contribution in [3.8, 4) is 0 Å². The van der Waals surface area contributed by atoms with E-state index in [-0.39, 0.29) is 11.8 Å². The third kappa shape index (κ3) is 5.48. The molecule has 1 aliphatic rings. The zero-order valence-electron chi connectivity index (χ0n) is 19.7. The highest BCUT2D eigenvalue weighted by molar-refractivity contribution is 8.01.